The van der Waals surface area contributed by atoms with E-state index >= 15 is 0 Å². The van der Waals surface area contributed by atoms with E-state index in [1.807, 2.05) is 4.68 Å². The molecule has 20 heavy (non-hydrogen) atoms. The van der Waals surface area contributed by atoms with E-state index in [1.165, 1.54) is 19.3 Å². The third kappa shape index (κ3) is 2.82. The Labute approximate surface area is 125 Å². The lowest BCUT2D eigenvalue weighted by molar-refractivity contribution is 0.128. The standard InChI is InChI=1S/C14H24N4OS/c1-2-11-4-3-7-16(8-11)10-17-14(20)18(12-5-6-12)13(9-19)15-17/h11-12,19H,2-10H2,1H3. The highest BCUT2D eigenvalue weighted by Crippen LogP contribution is 2.36. The molecule has 1 N–H and O–H groups in total. The van der Waals surface area contributed by atoms with Gasteiger partial charge in [0, 0.05) is 12.6 Å². The van der Waals surface area contributed by atoms with Crippen LogP contribution in [0.2, 0.25) is 0 Å². The Bertz CT molecular complexity index is 520. The Balaban J connectivity index is 1.75. The molecule has 112 valence electrons. The van der Waals surface area contributed by atoms with E-state index in [0.717, 1.165) is 49.1 Å². The van der Waals surface area contributed by atoms with Crippen molar-refractivity contribution in [3.8, 4) is 0 Å². The summed E-state index contributed by atoms with van der Waals surface area (Å²) in [4.78, 5) is 2.44. The molecule has 1 aliphatic carbocycles. The largest absolute Gasteiger partial charge is 0.388 e. The van der Waals surface area contributed by atoms with Crippen LogP contribution in [0.25, 0.3) is 0 Å². The van der Waals surface area contributed by atoms with Gasteiger partial charge in [0.05, 0.1) is 6.67 Å². The minimum absolute atomic E-state index is 0.0231. The second-order valence-corrected chi connectivity index (χ2v) is 6.46. The van der Waals surface area contributed by atoms with Crippen molar-refractivity contribution in [2.45, 2.75) is 58.3 Å². The number of aliphatic hydroxyl groups excluding tert-OH is 1. The third-order valence-corrected chi connectivity index (χ3v) is 4.92. The molecule has 1 aromatic rings. The average molecular weight is 296 g/mol. The monoisotopic (exact) mass is 296 g/mol. The number of likely N-dealkylation sites (tertiary alicyclic amines) is 1. The van der Waals surface area contributed by atoms with Gasteiger partial charge < -0.3 is 5.11 Å². The van der Waals surface area contributed by atoms with Crippen molar-refractivity contribution in [2.24, 2.45) is 5.92 Å². The summed E-state index contributed by atoms with van der Waals surface area (Å²) in [5.41, 5.74) is 0. The second kappa shape index (κ2) is 5.95. The molecule has 2 aliphatic rings. The van der Waals surface area contributed by atoms with Crippen LogP contribution in [0.15, 0.2) is 0 Å². The number of aromatic nitrogens is 3. The summed E-state index contributed by atoms with van der Waals surface area (Å²) in [7, 11) is 0. The molecule has 2 fully saturated rings. The molecule has 5 nitrogen and oxygen atoms in total. The van der Waals surface area contributed by atoms with Crippen LogP contribution >= 0.6 is 12.2 Å². The normalized spacial score (nSPS) is 24.2. The molecular formula is C14H24N4OS. The van der Waals surface area contributed by atoms with Crippen molar-refractivity contribution >= 4 is 12.2 Å². The zero-order valence-corrected chi connectivity index (χ0v) is 13.0. The quantitative estimate of drug-likeness (QED) is 0.847. The van der Waals surface area contributed by atoms with Crippen molar-refractivity contribution in [3.05, 3.63) is 10.6 Å². The number of rotatable bonds is 5. The van der Waals surface area contributed by atoms with Gasteiger partial charge in [-0.25, -0.2) is 4.68 Å². The molecule has 1 aromatic heterocycles. The van der Waals surface area contributed by atoms with Crippen LogP contribution in [0, 0.1) is 10.7 Å². The minimum atomic E-state index is -0.0231. The molecule has 0 aromatic carbocycles. The van der Waals surface area contributed by atoms with Gasteiger partial charge in [-0.05, 0) is 50.4 Å². The van der Waals surface area contributed by atoms with E-state index in [1.54, 1.807) is 0 Å². The lowest BCUT2D eigenvalue weighted by Gasteiger charge is -2.31. The van der Waals surface area contributed by atoms with Gasteiger partial charge >= 0.3 is 0 Å². The molecule has 1 unspecified atom stereocenters. The van der Waals surface area contributed by atoms with E-state index in [2.05, 4.69) is 21.5 Å². The molecule has 1 saturated heterocycles. The highest BCUT2D eigenvalue weighted by atomic mass is 32.1. The van der Waals surface area contributed by atoms with Crippen LogP contribution in [0.3, 0.4) is 0 Å². The molecule has 1 atom stereocenters. The van der Waals surface area contributed by atoms with E-state index in [-0.39, 0.29) is 6.61 Å². The molecule has 3 rings (SSSR count). The van der Waals surface area contributed by atoms with Crippen LogP contribution in [0.4, 0.5) is 0 Å². The van der Waals surface area contributed by atoms with Gasteiger partial charge in [0.15, 0.2) is 10.6 Å². The van der Waals surface area contributed by atoms with Crippen LogP contribution in [-0.4, -0.2) is 37.4 Å². The topological polar surface area (TPSA) is 46.2 Å². The fourth-order valence-electron chi connectivity index (χ4n) is 3.17. The molecule has 0 spiro atoms. The fourth-order valence-corrected chi connectivity index (χ4v) is 3.52. The molecule has 2 heterocycles. The first kappa shape index (κ1) is 14.2. The fraction of sp³-hybridized carbons (Fsp3) is 0.857. The van der Waals surface area contributed by atoms with Gasteiger partial charge in [-0.2, -0.15) is 5.10 Å². The summed E-state index contributed by atoms with van der Waals surface area (Å²) in [6.45, 7) is 5.28. The van der Waals surface area contributed by atoms with Gasteiger partial charge in [0.25, 0.3) is 0 Å². The first-order valence-electron chi connectivity index (χ1n) is 7.74. The van der Waals surface area contributed by atoms with Crippen molar-refractivity contribution in [1.29, 1.82) is 0 Å². The lowest BCUT2D eigenvalue weighted by Crippen LogP contribution is -2.36. The first-order chi connectivity index (χ1) is 9.72. The summed E-state index contributed by atoms with van der Waals surface area (Å²) in [6.07, 6.45) is 6.18. The Kier molecular flexibility index (Phi) is 4.23. The molecule has 1 saturated carbocycles. The summed E-state index contributed by atoms with van der Waals surface area (Å²) in [6, 6.07) is 0.475. The van der Waals surface area contributed by atoms with Crippen molar-refractivity contribution in [2.75, 3.05) is 13.1 Å². The molecule has 0 amide bonds. The predicted molar refractivity (Wildman–Crippen MR) is 79.8 cm³/mol. The SMILES string of the molecule is CCC1CCCN(Cn2nc(CO)n(C3CC3)c2=S)C1. The Morgan fingerprint density at radius 1 is 1.35 bits per heavy atom. The summed E-state index contributed by atoms with van der Waals surface area (Å²) in [5, 5.41) is 14.0. The Morgan fingerprint density at radius 3 is 2.80 bits per heavy atom. The van der Waals surface area contributed by atoms with Crippen molar-refractivity contribution in [3.63, 3.8) is 0 Å². The lowest BCUT2D eigenvalue weighted by atomic mass is 9.96. The summed E-state index contributed by atoms with van der Waals surface area (Å²) < 4.78 is 4.73. The van der Waals surface area contributed by atoms with Gasteiger partial charge in [-0.15, -0.1) is 0 Å². The number of aliphatic hydroxyl groups is 1. The van der Waals surface area contributed by atoms with Gasteiger partial charge in [-0.1, -0.05) is 13.3 Å². The van der Waals surface area contributed by atoms with Crippen LogP contribution in [0.1, 0.15) is 50.9 Å². The van der Waals surface area contributed by atoms with E-state index < -0.39 is 0 Å². The van der Waals surface area contributed by atoms with Crippen LogP contribution < -0.4 is 0 Å². The van der Waals surface area contributed by atoms with Crippen molar-refractivity contribution in [1.82, 2.24) is 19.2 Å². The highest BCUT2D eigenvalue weighted by Gasteiger charge is 2.28. The maximum absolute atomic E-state index is 9.46. The second-order valence-electron chi connectivity index (χ2n) is 6.09. The summed E-state index contributed by atoms with van der Waals surface area (Å²) >= 11 is 5.55. The molecule has 6 heteroatoms. The minimum Gasteiger partial charge on any atom is -0.388 e. The number of piperidine rings is 1. The average Bonchev–Trinajstić information content (AvgIpc) is 3.25. The smallest absolute Gasteiger partial charge is 0.199 e. The van der Waals surface area contributed by atoms with Gasteiger partial charge in [0.2, 0.25) is 0 Å². The Hall–Kier alpha value is -0.720. The molecular weight excluding hydrogens is 272 g/mol. The molecule has 0 bridgehead atoms. The van der Waals surface area contributed by atoms with Gasteiger partial charge in [0.1, 0.15) is 6.61 Å². The Morgan fingerprint density at radius 2 is 2.15 bits per heavy atom. The molecule has 1 aliphatic heterocycles. The number of hydrogen-bond donors (Lipinski definition) is 1. The maximum Gasteiger partial charge on any atom is 0.199 e. The summed E-state index contributed by atoms with van der Waals surface area (Å²) in [5.74, 6) is 1.53. The highest BCUT2D eigenvalue weighted by molar-refractivity contribution is 7.71. The predicted octanol–water partition coefficient (Wildman–Crippen LogP) is 2.32. The zero-order valence-electron chi connectivity index (χ0n) is 12.2. The van der Waals surface area contributed by atoms with Crippen LogP contribution in [0.5, 0.6) is 0 Å². The van der Waals surface area contributed by atoms with E-state index in [4.69, 9.17) is 12.2 Å². The van der Waals surface area contributed by atoms with E-state index in [9.17, 15) is 5.11 Å². The molecule has 0 radical (unpaired) electrons. The van der Waals surface area contributed by atoms with E-state index in [0.29, 0.717) is 6.04 Å². The van der Waals surface area contributed by atoms with Gasteiger partial charge in [-0.3, -0.25) is 9.47 Å². The maximum atomic E-state index is 9.46. The van der Waals surface area contributed by atoms with Crippen molar-refractivity contribution < 1.29 is 5.11 Å². The number of nitrogens with zero attached hydrogens (tertiary/aromatic N) is 4. The third-order valence-electron chi connectivity index (χ3n) is 4.51. The van der Waals surface area contributed by atoms with Crippen LogP contribution in [-0.2, 0) is 13.3 Å². The number of hydrogen-bond acceptors (Lipinski definition) is 4. The first-order valence-corrected chi connectivity index (χ1v) is 8.15. The zero-order chi connectivity index (χ0) is 14.1.